The third-order valence-corrected chi connectivity index (χ3v) is 5.30. The van der Waals surface area contributed by atoms with Crippen LogP contribution in [0, 0.1) is 11.3 Å². The molecule has 0 unspecified atom stereocenters. The summed E-state index contributed by atoms with van der Waals surface area (Å²) < 4.78 is 44.8. The van der Waals surface area contributed by atoms with Crippen molar-refractivity contribution in [2.75, 3.05) is 5.32 Å². The Morgan fingerprint density at radius 1 is 1.23 bits per heavy atom. The van der Waals surface area contributed by atoms with Crippen molar-refractivity contribution in [2.24, 2.45) is 0 Å². The first-order valence-corrected chi connectivity index (χ1v) is 9.49. The molecule has 0 bridgehead atoms. The molecule has 2 aromatic carbocycles. The standard InChI is InChI=1S/C21H12F3N3O2S/c22-21(23,24)17-8-12(5-6-13(17)9-25)7-14-10-26-20(30-14)27-19(28)16-11-29-18-4-2-1-3-15(16)18/h1-6,8,10-11H,7H2,(H,26,27,28). The van der Waals surface area contributed by atoms with Crippen molar-refractivity contribution < 1.29 is 22.4 Å². The van der Waals surface area contributed by atoms with E-state index in [1.807, 2.05) is 0 Å². The van der Waals surface area contributed by atoms with E-state index in [1.54, 1.807) is 30.3 Å². The van der Waals surface area contributed by atoms with Crippen molar-refractivity contribution in [3.63, 3.8) is 0 Å². The van der Waals surface area contributed by atoms with Crippen molar-refractivity contribution in [3.8, 4) is 6.07 Å². The third kappa shape index (κ3) is 3.90. The number of rotatable bonds is 4. The summed E-state index contributed by atoms with van der Waals surface area (Å²) in [5, 5.41) is 12.6. The number of nitrogens with one attached hydrogen (secondary N) is 1. The minimum atomic E-state index is -4.61. The van der Waals surface area contributed by atoms with E-state index in [-0.39, 0.29) is 6.42 Å². The van der Waals surface area contributed by atoms with Gasteiger partial charge in [0.15, 0.2) is 5.13 Å². The summed E-state index contributed by atoms with van der Waals surface area (Å²) in [6, 6.07) is 12.3. The zero-order chi connectivity index (χ0) is 21.3. The van der Waals surface area contributed by atoms with Crippen LogP contribution in [0.1, 0.15) is 31.9 Å². The van der Waals surface area contributed by atoms with Crippen LogP contribution >= 0.6 is 11.3 Å². The van der Waals surface area contributed by atoms with Gasteiger partial charge >= 0.3 is 6.18 Å². The first-order valence-electron chi connectivity index (χ1n) is 8.67. The van der Waals surface area contributed by atoms with Crippen molar-refractivity contribution >= 4 is 33.3 Å². The number of carbonyl (C=O) groups is 1. The number of benzene rings is 2. The van der Waals surface area contributed by atoms with Gasteiger partial charge in [-0.05, 0) is 23.8 Å². The summed E-state index contributed by atoms with van der Waals surface area (Å²) in [5.41, 5.74) is -0.0417. The van der Waals surface area contributed by atoms with E-state index >= 15 is 0 Å². The van der Waals surface area contributed by atoms with Gasteiger partial charge in [0.2, 0.25) is 0 Å². The number of hydrogen-bond acceptors (Lipinski definition) is 5. The van der Waals surface area contributed by atoms with E-state index in [9.17, 15) is 18.0 Å². The second-order valence-electron chi connectivity index (χ2n) is 6.40. The second-order valence-corrected chi connectivity index (χ2v) is 7.51. The average molecular weight is 427 g/mol. The minimum absolute atomic E-state index is 0.191. The lowest BCUT2D eigenvalue weighted by Gasteiger charge is -2.10. The molecule has 2 aromatic heterocycles. The Bertz CT molecular complexity index is 1280. The molecule has 30 heavy (non-hydrogen) atoms. The van der Waals surface area contributed by atoms with Gasteiger partial charge < -0.3 is 4.42 Å². The predicted molar refractivity (Wildman–Crippen MR) is 105 cm³/mol. The van der Waals surface area contributed by atoms with Crippen LogP contribution in [0.25, 0.3) is 11.0 Å². The fourth-order valence-electron chi connectivity index (χ4n) is 3.00. The van der Waals surface area contributed by atoms with E-state index in [4.69, 9.17) is 9.68 Å². The molecule has 150 valence electrons. The number of thiazole rings is 1. The van der Waals surface area contributed by atoms with E-state index in [1.165, 1.54) is 18.5 Å². The number of amides is 1. The number of para-hydroxylation sites is 1. The van der Waals surface area contributed by atoms with Crippen LogP contribution in [0.2, 0.25) is 0 Å². The molecule has 0 aliphatic rings. The molecule has 0 spiro atoms. The number of carbonyl (C=O) groups excluding carboxylic acids is 1. The normalized spacial score (nSPS) is 11.4. The Balaban J connectivity index is 1.51. The van der Waals surface area contributed by atoms with Gasteiger partial charge in [0.25, 0.3) is 5.91 Å². The fraction of sp³-hybridized carbons (Fsp3) is 0.0952. The van der Waals surface area contributed by atoms with Gasteiger partial charge in [0.05, 0.1) is 22.8 Å². The average Bonchev–Trinajstić information content (AvgIpc) is 3.34. The maximum absolute atomic E-state index is 13.1. The van der Waals surface area contributed by atoms with E-state index in [0.29, 0.717) is 32.1 Å². The van der Waals surface area contributed by atoms with Gasteiger partial charge in [-0.15, -0.1) is 11.3 Å². The molecule has 0 saturated carbocycles. The highest BCUT2D eigenvalue weighted by Crippen LogP contribution is 2.33. The smallest absolute Gasteiger partial charge is 0.417 e. The second kappa shape index (κ2) is 7.65. The molecule has 5 nitrogen and oxygen atoms in total. The Hall–Kier alpha value is -3.64. The minimum Gasteiger partial charge on any atom is -0.463 e. The van der Waals surface area contributed by atoms with Crippen molar-refractivity contribution in [2.45, 2.75) is 12.6 Å². The lowest BCUT2D eigenvalue weighted by molar-refractivity contribution is -0.137. The van der Waals surface area contributed by atoms with Gasteiger partial charge in [0.1, 0.15) is 11.8 Å². The van der Waals surface area contributed by atoms with Crippen LogP contribution in [-0.2, 0) is 12.6 Å². The zero-order valence-electron chi connectivity index (χ0n) is 15.2. The summed E-state index contributed by atoms with van der Waals surface area (Å²) >= 11 is 1.16. The summed E-state index contributed by atoms with van der Waals surface area (Å²) in [4.78, 5) is 17.3. The topological polar surface area (TPSA) is 78.9 Å². The Labute approximate surface area is 172 Å². The molecule has 4 aromatic rings. The molecule has 9 heteroatoms. The van der Waals surface area contributed by atoms with E-state index < -0.39 is 23.2 Å². The van der Waals surface area contributed by atoms with Gasteiger partial charge in [-0.3, -0.25) is 10.1 Å². The molecule has 0 aliphatic carbocycles. The SMILES string of the molecule is N#Cc1ccc(Cc2cnc(NC(=O)c3coc4ccccc34)s2)cc1C(F)(F)F. The number of anilines is 1. The monoisotopic (exact) mass is 427 g/mol. The lowest BCUT2D eigenvalue weighted by Crippen LogP contribution is -2.10. The highest BCUT2D eigenvalue weighted by Gasteiger charge is 2.33. The Kier molecular flexibility index (Phi) is 5.01. The Morgan fingerprint density at radius 3 is 2.80 bits per heavy atom. The maximum atomic E-state index is 13.1. The molecule has 0 fully saturated rings. The lowest BCUT2D eigenvalue weighted by atomic mass is 10.0. The molecule has 4 rings (SSSR count). The highest BCUT2D eigenvalue weighted by atomic mass is 32.1. The number of furan rings is 1. The predicted octanol–water partition coefficient (Wildman–Crippen LogP) is 5.62. The van der Waals surface area contributed by atoms with Crippen LogP contribution in [0.4, 0.5) is 18.3 Å². The molecule has 0 atom stereocenters. The van der Waals surface area contributed by atoms with Gasteiger partial charge in [0, 0.05) is 22.9 Å². The molecule has 1 amide bonds. The van der Waals surface area contributed by atoms with Crippen molar-refractivity contribution in [1.82, 2.24) is 4.98 Å². The molecule has 0 saturated heterocycles. The fourth-order valence-corrected chi connectivity index (χ4v) is 3.84. The van der Waals surface area contributed by atoms with E-state index in [2.05, 4.69) is 10.3 Å². The first-order chi connectivity index (χ1) is 14.3. The quantitative estimate of drug-likeness (QED) is 0.458. The summed E-state index contributed by atoms with van der Waals surface area (Å²) in [7, 11) is 0. The van der Waals surface area contributed by atoms with Crippen LogP contribution < -0.4 is 5.32 Å². The van der Waals surface area contributed by atoms with Crippen LogP contribution in [-0.4, -0.2) is 10.9 Å². The third-order valence-electron chi connectivity index (χ3n) is 4.39. The van der Waals surface area contributed by atoms with Crippen LogP contribution in [0.3, 0.4) is 0 Å². The number of alkyl halides is 3. The highest BCUT2D eigenvalue weighted by molar-refractivity contribution is 7.15. The first kappa shape index (κ1) is 19.7. The number of halogens is 3. The molecular formula is C21H12F3N3O2S. The van der Waals surface area contributed by atoms with Gasteiger partial charge in [-0.2, -0.15) is 18.4 Å². The van der Waals surface area contributed by atoms with Gasteiger partial charge in [-0.25, -0.2) is 4.98 Å². The molecule has 0 radical (unpaired) electrons. The summed E-state index contributed by atoms with van der Waals surface area (Å²) in [6.07, 6.45) is -1.55. The van der Waals surface area contributed by atoms with Crippen molar-refractivity contribution in [3.05, 3.63) is 82.1 Å². The molecule has 0 aliphatic heterocycles. The number of aromatic nitrogens is 1. The zero-order valence-corrected chi connectivity index (χ0v) is 16.0. The summed E-state index contributed by atoms with van der Waals surface area (Å²) in [6.45, 7) is 0. The van der Waals surface area contributed by atoms with Gasteiger partial charge in [-0.1, -0.05) is 24.3 Å². The van der Waals surface area contributed by atoms with Crippen LogP contribution in [0.5, 0.6) is 0 Å². The van der Waals surface area contributed by atoms with E-state index in [0.717, 1.165) is 23.5 Å². The number of fused-ring (bicyclic) bond motifs is 1. The Morgan fingerprint density at radius 2 is 2.03 bits per heavy atom. The molecule has 2 heterocycles. The molecular weight excluding hydrogens is 415 g/mol. The summed E-state index contributed by atoms with van der Waals surface area (Å²) in [5.74, 6) is -0.390. The maximum Gasteiger partial charge on any atom is 0.417 e. The number of nitriles is 1. The van der Waals surface area contributed by atoms with Crippen LogP contribution in [0.15, 0.2) is 59.3 Å². The largest absolute Gasteiger partial charge is 0.463 e. The molecule has 1 N–H and O–H groups in total. The number of nitrogens with zero attached hydrogens (tertiary/aromatic N) is 2. The van der Waals surface area contributed by atoms with Crippen molar-refractivity contribution in [1.29, 1.82) is 5.26 Å². The number of hydrogen-bond donors (Lipinski definition) is 1.